The van der Waals surface area contributed by atoms with E-state index in [0.717, 1.165) is 44.2 Å². The number of rotatable bonds is 4. The van der Waals surface area contributed by atoms with Crippen molar-refractivity contribution in [3.05, 3.63) is 35.4 Å². The average molecular weight is 341 g/mol. The van der Waals surface area contributed by atoms with Crippen molar-refractivity contribution in [2.24, 2.45) is 5.92 Å². The third kappa shape index (κ3) is 6.07. The van der Waals surface area contributed by atoms with Gasteiger partial charge in [-0.15, -0.1) is 24.8 Å². The molecule has 2 nitrogen and oxygen atoms in total. The Morgan fingerprint density at radius 2 is 1.57 bits per heavy atom. The van der Waals surface area contributed by atoms with E-state index in [-0.39, 0.29) is 30.9 Å². The van der Waals surface area contributed by atoms with Crippen molar-refractivity contribution in [2.75, 3.05) is 26.2 Å². The Bertz CT molecular complexity index is 404. The first-order valence-electron chi connectivity index (χ1n) is 6.97. The SMILES string of the molecule is CC(C)C[C@@H](c1cc(F)cc(F)c1)N1CCNCC1.Cl.Cl. The van der Waals surface area contributed by atoms with Gasteiger partial charge in [0.15, 0.2) is 0 Å². The number of hydrogen-bond donors (Lipinski definition) is 1. The van der Waals surface area contributed by atoms with Gasteiger partial charge in [-0.2, -0.15) is 0 Å². The number of piperazine rings is 1. The van der Waals surface area contributed by atoms with Gasteiger partial charge in [0.05, 0.1) is 0 Å². The van der Waals surface area contributed by atoms with Crippen molar-refractivity contribution in [3.63, 3.8) is 0 Å². The van der Waals surface area contributed by atoms with Crippen LogP contribution in [-0.4, -0.2) is 31.1 Å². The molecule has 0 bridgehead atoms. The summed E-state index contributed by atoms with van der Waals surface area (Å²) in [5.74, 6) is -0.482. The third-order valence-corrected chi connectivity index (χ3v) is 3.56. The maximum atomic E-state index is 13.4. The predicted molar refractivity (Wildman–Crippen MR) is 87.5 cm³/mol. The molecule has 0 spiro atoms. The Hall–Kier alpha value is -0.420. The second kappa shape index (κ2) is 9.57. The fraction of sp³-hybridized carbons (Fsp3) is 0.600. The van der Waals surface area contributed by atoms with E-state index in [9.17, 15) is 8.78 Å². The summed E-state index contributed by atoms with van der Waals surface area (Å²) >= 11 is 0. The van der Waals surface area contributed by atoms with Crippen molar-refractivity contribution in [3.8, 4) is 0 Å². The van der Waals surface area contributed by atoms with Gasteiger partial charge in [0, 0.05) is 38.3 Å². The van der Waals surface area contributed by atoms with Gasteiger partial charge >= 0.3 is 0 Å². The molecular formula is C15H24Cl2F2N2. The van der Waals surface area contributed by atoms with Gasteiger partial charge in [0.1, 0.15) is 11.6 Å². The van der Waals surface area contributed by atoms with Crippen LogP contribution in [0.1, 0.15) is 31.9 Å². The topological polar surface area (TPSA) is 15.3 Å². The lowest BCUT2D eigenvalue weighted by atomic mass is 9.95. The van der Waals surface area contributed by atoms with Crippen molar-refractivity contribution >= 4 is 24.8 Å². The quantitative estimate of drug-likeness (QED) is 0.896. The summed E-state index contributed by atoms with van der Waals surface area (Å²) in [4.78, 5) is 2.32. The van der Waals surface area contributed by atoms with Gasteiger partial charge in [0.25, 0.3) is 0 Å². The van der Waals surface area contributed by atoms with Crippen molar-refractivity contribution in [1.29, 1.82) is 0 Å². The molecule has 1 atom stereocenters. The molecule has 0 aromatic heterocycles. The molecular weight excluding hydrogens is 317 g/mol. The van der Waals surface area contributed by atoms with Crippen LogP contribution in [0, 0.1) is 17.6 Å². The molecule has 6 heteroatoms. The summed E-state index contributed by atoms with van der Waals surface area (Å²) in [7, 11) is 0. The summed E-state index contributed by atoms with van der Waals surface area (Å²) in [5, 5.41) is 3.31. The molecule has 0 aliphatic carbocycles. The van der Waals surface area contributed by atoms with E-state index in [4.69, 9.17) is 0 Å². The number of nitrogens with zero attached hydrogens (tertiary/aromatic N) is 1. The minimum absolute atomic E-state index is 0. The fourth-order valence-electron chi connectivity index (χ4n) is 2.70. The van der Waals surface area contributed by atoms with Gasteiger partial charge in [-0.1, -0.05) is 13.8 Å². The van der Waals surface area contributed by atoms with Gasteiger partial charge < -0.3 is 5.32 Å². The molecule has 1 aliphatic rings. The molecule has 122 valence electrons. The van der Waals surface area contributed by atoms with E-state index in [1.807, 2.05) is 0 Å². The standard InChI is InChI=1S/C15H22F2N2.2ClH/c1-11(2)7-15(19-5-3-18-4-6-19)12-8-13(16)10-14(17)9-12;;/h8-11,15,18H,3-7H2,1-2H3;2*1H/t15-;;/m0../s1. The van der Waals surface area contributed by atoms with Crippen molar-refractivity contribution in [2.45, 2.75) is 26.3 Å². The van der Waals surface area contributed by atoms with E-state index in [0.29, 0.717) is 5.92 Å². The highest BCUT2D eigenvalue weighted by Crippen LogP contribution is 2.29. The molecule has 0 radical (unpaired) electrons. The van der Waals surface area contributed by atoms with Crippen molar-refractivity contribution in [1.82, 2.24) is 10.2 Å². The third-order valence-electron chi connectivity index (χ3n) is 3.56. The van der Waals surface area contributed by atoms with E-state index < -0.39 is 11.6 Å². The smallest absolute Gasteiger partial charge is 0.126 e. The van der Waals surface area contributed by atoms with Crippen LogP contribution < -0.4 is 5.32 Å². The zero-order valence-corrected chi connectivity index (χ0v) is 14.1. The summed E-state index contributed by atoms with van der Waals surface area (Å²) in [6, 6.07) is 3.98. The van der Waals surface area contributed by atoms with Crippen LogP contribution in [0.2, 0.25) is 0 Å². The summed E-state index contributed by atoms with van der Waals surface area (Å²) in [6.45, 7) is 8.01. The highest BCUT2D eigenvalue weighted by molar-refractivity contribution is 5.85. The normalized spacial score (nSPS) is 17.0. The van der Waals surface area contributed by atoms with Crippen LogP contribution in [0.4, 0.5) is 8.78 Å². The summed E-state index contributed by atoms with van der Waals surface area (Å²) < 4.78 is 26.8. The lowest BCUT2D eigenvalue weighted by molar-refractivity contribution is 0.153. The maximum absolute atomic E-state index is 13.4. The Balaban J connectivity index is 0.00000200. The minimum atomic E-state index is -0.487. The lowest BCUT2D eigenvalue weighted by Gasteiger charge is -2.36. The Kier molecular flexibility index (Phi) is 9.38. The summed E-state index contributed by atoms with van der Waals surface area (Å²) in [6.07, 6.45) is 0.920. The Morgan fingerprint density at radius 1 is 1.05 bits per heavy atom. The second-order valence-corrected chi connectivity index (χ2v) is 5.63. The van der Waals surface area contributed by atoms with E-state index in [1.165, 1.54) is 12.1 Å². The monoisotopic (exact) mass is 340 g/mol. The largest absolute Gasteiger partial charge is 0.314 e. The molecule has 0 unspecified atom stereocenters. The average Bonchev–Trinajstić information content (AvgIpc) is 2.35. The molecule has 1 heterocycles. The van der Waals surface area contributed by atoms with Crippen LogP contribution in [0.15, 0.2) is 18.2 Å². The van der Waals surface area contributed by atoms with Gasteiger partial charge in [-0.3, -0.25) is 4.90 Å². The van der Waals surface area contributed by atoms with Gasteiger partial charge in [0.2, 0.25) is 0 Å². The molecule has 1 saturated heterocycles. The lowest BCUT2D eigenvalue weighted by Crippen LogP contribution is -2.45. The minimum Gasteiger partial charge on any atom is -0.314 e. The predicted octanol–water partition coefficient (Wildman–Crippen LogP) is 3.80. The number of benzene rings is 1. The van der Waals surface area contributed by atoms with Gasteiger partial charge in [-0.05, 0) is 30.0 Å². The van der Waals surface area contributed by atoms with Gasteiger partial charge in [-0.25, -0.2) is 8.78 Å². The molecule has 1 fully saturated rings. The molecule has 21 heavy (non-hydrogen) atoms. The van der Waals surface area contributed by atoms with E-state index >= 15 is 0 Å². The van der Waals surface area contributed by atoms with Crippen molar-refractivity contribution < 1.29 is 8.78 Å². The van der Waals surface area contributed by atoms with E-state index in [1.54, 1.807) is 0 Å². The molecule has 2 rings (SSSR count). The number of nitrogens with one attached hydrogen (secondary N) is 1. The Labute approximate surface area is 138 Å². The molecule has 0 saturated carbocycles. The van der Waals surface area contributed by atoms with Crippen LogP contribution in [-0.2, 0) is 0 Å². The molecule has 1 aromatic rings. The highest BCUT2D eigenvalue weighted by Gasteiger charge is 2.23. The summed E-state index contributed by atoms with van der Waals surface area (Å²) in [5.41, 5.74) is 0.758. The number of hydrogen-bond acceptors (Lipinski definition) is 2. The van der Waals surface area contributed by atoms with Crippen LogP contribution in [0.25, 0.3) is 0 Å². The van der Waals surface area contributed by atoms with E-state index in [2.05, 4.69) is 24.1 Å². The van der Waals surface area contributed by atoms with Crippen LogP contribution in [0.3, 0.4) is 0 Å². The Morgan fingerprint density at radius 3 is 2.05 bits per heavy atom. The fourth-order valence-corrected chi connectivity index (χ4v) is 2.70. The first-order chi connectivity index (χ1) is 9.06. The zero-order chi connectivity index (χ0) is 13.8. The molecule has 1 aliphatic heterocycles. The molecule has 0 amide bonds. The number of halogens is 4. The maximum Gasteiger partial charge on any atom is 0.126 e. The zero-order valence-electron chi connectivity index (χ0n) is 12.4. The molecule has 1 N–H and O–H groups in total. The van der Waals surface area contributed by atoms with Crippen LogP contribution in [0.5, 0.6) is 0 Å². The van der Waals surface area contributed by atoms with Crippen LogP contribution >= 0.6 is 24.8 Å². The highest BCUT2D eigenvalue weighted by atomic mass is 35.5. The first-order valence-corrected chi connectivity index (χ1v) is 6.97. The second-order valence-electron chi connectivity index (χ2n) is 5.63. The first kappa shape index (κ1) is 20.6. The molecule has 1 aromatic carbocycles.